The highest BCUT2D eigenvalue weighted by Gasteiger charge is 2.63. The molecule has 5 spiro atoms. The lowest BCUT2D eigenvalue weighted by Gasteiger charge is -2.24. The standard InChI is InChI=1S/C21H16FN3O5.C20H16FN3O5S.C18H12F2N6O2.C17H8F2N6O3.C17H11FN6O2/c1-9-6-12(16(26)24-20(4-5-20)18(28)29)15-11-3-2-10(22)8-13(11)21(14(15)7-9)17(27)23-19(30)25-21;1-9-6-13(17(25)24-30(28,29)11-3-4-11)16-12-5-2-10(21)8-14(12)20(15(16)7-9)18(26)22-19(27)23-20;1-26-24-14(23-25-26)5-8-4-10(20)7-13-15(8)11-3-2-9(19)6-12(11)18(13)16(27)21-17(28)22-18;18-6-1-2-7-8(3-6)17(15(26)20-16(27)21-17)9-4-10(19)13-12(11(7)9)14-22-23-24-25(14)5-28-13;1-7-4-10(14-21-23-24-22-14)13-9-3-2-8(18)6-11(9)17(12(13)5-7)15(25)19-16(26)20-17/h2-3,6-8H,4-5H2,1H3,(H,24,26)(H,28,29)(H2,23,25,27,30);2,5-8,11H,3-4H2,1H3,(H,24,25)(H2,22,23,26,27);2-4,6-7H,5H2,1H3,(H2,21,22,27,28);1-4H,5H2,(H2,20,21,26,27);2-6H,1H3,(H2,19,20,25,26)(H,21,22,23,24)/p+1. The maximum atomic E-state index is 15.0. The van der Waals surface area contributed by atoms with E-state index in [0.717, 1.165) is 29.8 Å². The fourth-order valence-electron chi connectivity index (χ4n) is 20.7. The number of carbonyl (C=O) groups is 13. The van der Waals surface area contributed by atoms with Crippen LogP contribution < -0.4 is 72.6 Å². The van der Waals surface area contributed by atoms with Crippen LogP contribution in [0.15, 0.2) is 146 Å². The van der Waals surface area contributed by atoms with Gasteiger partial charge in [-0.3, -0.25) is 60.1 Å². The number of hydrogen-bond acceptors (Lipinski definition) is 24. The molecule has 9 heterocycles. The number of aryl methyl sites for hydroxylation is 4. The first kappa shape index (κ1) is 89.0. The number of carbonyl (C=O) groups excluding carboxylic acids is 12. The molecule has 712 valence electrons. The van der Waals surface area contributed by atoms with Crippen LogP contribution in [0.3, 0.4) is 0 Å². The van der Waals surface area contributed by atoms with E-state index in [1.54, 1.807) is 45.2 Å². The number of carboxylic acid groups (broad SMARTS) is 1. The van der Waals surface area contributed by atoms with E-state index >= 15 is 0 Å². The minimum absolute atomic E-state index is 0.0241. The summed E-state index contributed by atoms with van der Waals surface area (Å²) in [6.07, 6.45) is 1.78. The van der Waals surface area contributed by atoms with Gasteiger partial charge in [0.2, 0.25) is 22.6 Å². The van der Waals surface area contributed by atoms with Crippen LogP contribution in [0.2, 0.25) is 0 Å². The van der Waals surface area contributed by atoms with Gasteiger partial charge in [-0.15, -0.1) is 25.1 Å². The third-order valence-electron chi connectivity index (χ3n) is 26.7. The van der Waals surface area contributed by atoms with Crippen LogP contribution >= 0.6 is 0 Å². The number of hydrogen-bond donors (Lipinski definition) is 15. The molecule has 10 aromatic carbocycles. The first-order valence-corrected chi connectivity index (χ1v) is 44.6. The molecule has 13 aromatic rings. The number of halogens is 7. The number of imide groups is 5. The molecule has 26 rings (SSSR count). The van der Waals surface area contributed by atoms with Gasteiger partial charge in [0, 0.05) is 95.4 Å². The topological polar surface area (TPSA) is 573 Å². The highest BCUT2D eigenvalue weighted by atomic mass is 32.2. The molecule has 0 bridgehead atoms. The Morgan fingerprint density at radius 1 is 0.458 bits per heavy atom. The number of H-pyrrole nitrogens is 2. The van der Waals surface area contributed by atoms with Gasteiger partial charge in [0.25, 0.3) is 41.4 Å². The highest BCUT2D eigenvalue weighted by Crippen LogP contribution is 2.59. The SMILES string of the molecule is Cc1cc(-c2nn[nH]n2)c2c(c1)C1(NC(=O)NC1=O)c1cc(F)ccc1-2.Cc1cc(C(=O)NC2(C(=O)O)CC2)c2c(c1)C1(NC(=O)NC1=O)c1cc(F)ccc1-2.Cc1cc(C(=O)NS(=O)(=O)C2CC2)c2c(c1)C1(NC(=O)NC1=O)c1cc(F)ccc1-2.Cn1nnc(Cc2cc(F)cc3c2-c2ccc(F)cc2C32NC(=O)NC2=O)n1.O=C1NC(=O)C2(N1)c1cc(F)ccc1-c1c2cc(F)c2c1-c1nn[nH][n+]1CO2. The number of aromatic nitrogens is 12. The van der Waals surface area contributed by atoms with Gasteiger partial charge in [-0.05, 0) is 215 Å². The van der Waals surface area contributed by atoms with E-state index in [-0.39, 0.29) is 74.5 Å². The summed E-state index contributed by atoms with van der Waals surface area (Å²) in [5.41, 5.74) is 1.69. The number of fused-ring (bicyclic) bond motifs is 29. The Kier molecular flexibility index (Phi) is 19.5. The maximum Gasteiger partial charge on any atom is 0.339 e. The molecule has 6 aliphatic heterocycles. The minimum atomic E-state index is -3.80. The number of tetrazole rings is 3. The molecule has 5 unspecified atom stereocenters. The van der Waals surface area contributed by atoms with E-state index in [9.17, 15) is 107 Å². The average Bonchev–Trinajstić information content (AvgIpc) is 1.53. The average molecular weight is 1950 g/mol. The van der Waals surface area contributed by atoms with Crippen molar-refractivity contribution in [2.45, 2.75) is 98.1 Å². The third kappa shape index (κ3) is 13.2. The van der Waals surface area contributed by atoms with Crippen LogP contribution in [0.1, 0.15) is 130 Å². The second-order valence-corrected chi connectivity index (χ2v) is 37.3. The summed E-state index contributed by atoms with van der Waals surface area (Å²) in [4.78, 5) is 163. The molecule has 49 heteroatoms. The van der Waals surface area contributed by atoms with Crippen LogP contribution in [-0.2, 0) is 86.7 Å². The van der Waals surface area contributed by atoms with Crippen molar-refractivity contribution in [3.05, 3.63) is 281 Å². The number of urea groups is 5. The van der Waals surface area contributed by atoms with Crippen molar-refractivity contribution >= 4 is 87.5 Å². The van der Waals surface area contributed by atoms with E-state index in [1.807, 2.05) is 19.1 Å². The predicted molar refractivity (Wildman–Crippen MR) is 468 cm³/mol. The molecule has 7 fully saturated rings. The summed E-state index contributed by atoms with van der Waals surface area (Å²) in [5.74, 6) is -9.10. The maximum absolute atomic E-state index is 15.0. The molecule has 15 N–H and O–H groups in total. The monoisotopic (exact) mass is 1950 g/mol. The third-order valence-corrected chi connectivity index (χ3v) is 28.5. The van der Waals surface area contributed by atoms with Gasteiger partial charge >= 0.3 is 41.9 Å². The summed E-state index contributed by atoms with van der Waals surface area (Å²) in [5, 5.41) is 71.5. The van der Waals surface area contributed by atoms with Gasteiger partial charge in [0.15, 0.2) is 50.3 Å². The zero-order valence-corrected chi connectivity index (χ0v) is 74.0. The molecule has 5 atom stereocenters. The van der Waals surface area contributed by atoms with Crippen molar-refractivity contribution in [3.8, 4) is 84.2 Å². The Morgan fingerprint density at radius 3 is 1.26 bits per heavy atom. The lowest BCUT2D eigenvalue weighted by atomic mass is 9.86. The number of sulfonamides is 1. The molecule has 2 saturated carbocycles. The Bertz CT molecular complexity index is 8240. The summed E-state index contributed by atoms with van der Waals surface area (Å²) >= 11 is 0. The first-order chi connectivity index (χ1) is 67.7. The van der Waals surface area contributed by atoms with Crippen LogP contribution in [-0.4, -0.2) is 158 Å². The molecule has 3 aromatic heterocycles. The van der Waals surface area contributed by atoms with Crippen LogP contribution in [0.25, 0.3) is 78.4 Å². The number of amides is 17. The summed E-state index contributed by atoms with van der Waals surface area (Å²) in [7, 11) is -2.20. The lowest BCUT2D eigenvalue weighted by molar-refractivity contribution is -0.771. The Labute approximate surface area is 789 Å². The molecule has 13 aliphatic rings. The largest absolute Gasteiger partial charge is 0.480 e. The van der Waals surface area contributed by atoms with E-state index < -0.39 is 167 Å². The van der Waals surface area contributed by atoms with E-state index in [4.69, 9.17) is 4.74 Å². The van der Waals surface area contributed by atoms with E-state index in [2.05, 4.69) is 115 Å². The van der Waals surface area contributed by atoms with Crippen molar-refractivity contribution in [2.75, 3.05) is 0 Å². The van der Waals surface area contributed by atoms with Crippen LogP contribution in [0, 0.1) is 61.5 Å². The van der Waals surface area contributed by atoms with Gasteiger partial charge in [-0.25, -0.2) is 72.6 Å². The number of benzene rings is 10. The molecule has 17 amide bonds. The second kappa shape index (κ2) is 31.1. The Morgan fingerprint density at radius 2 is 0.859 bits per heavy atom. The highest BCUT2D eigenvalue weighted by molar-refractivity contribution is 7.91. The number of nitrogens with one attached hydrogen (secondary N) is 14. The Balaban J connectivity index is 0.000000102. The number of nitrogens with zero attached hydrogens (tertiary/aromatic N) is 10. The molecule has 5 saturated heterocycles. The lowest BCUT2D eigenvalue weighted by Crippen LogP contribution is -2.44. The number of rotatable bonds is 9. The minimum Gasteiger partial charge on any atom is -0.480 e. The molecular weight excluding hydrogens is 1890 g/mol. The molecule has 0 radical (unpaired) electrons. The molecule has 142 heavy (non-hydrogen) atoms. The van der Waals surface area contributed by atoms with Gasteiger partial charge in [0.1, 0.15) is 51.1 Å². The van der Waals surface area contributed by atoms with Crippen molar-refractivity contribution < 1.29 is 116 Å². The van der Waals surface area contributed by atoms with E-state index in [1.165, 1.54) is 94.4 Å². The van der Waals surface area contributed by atoms with Gasteiger partial charge < -0.3 is 41.7 Å². The van der Waals surface area contributed by atoms with E-state index in [0.29, 0.717) is 138 Å². The first-order valence-electron chi connectivity index (χ1n) is 43.1. The Hall–Kier alpha value is -18.2. The fraction of sp³-hybridized carbons (Fsp3) is 0.183. The number of carboxylic acids is 1. The van der Waals surface area contributed by atoms with Crippen molar-refractivity contribution in [2.24, 2.45) is 7.05 Å². The summed E-state index contributed by atoms with van der Waals surface area (Å²) in [6, 6.07) is 29.7. The molecule has 7 aliphatic carbocycles. The molecular formula is C93H64F7N24O17S+. The van der Waals surface area contributed by atoms with Gasteiger partial charge in [-0.2, -0.15) is 10.0 Å². The summed E-state index contributed by atoms with van der Waals surface area (Å²) < 4.78 is 133. The second-order valence-electron chi connectivity index (χ2n) is 35.4. The van der Waals surface area contributed by atoms with Crippen molar-refractivity contribution in [3.63, 3.8) is 0 Å². The van der Waals surface area contributed by atoms with Crippen molar-refractivity contribution in [1.82, 2.24) is 120 Å². The quantitative estimate of drug-likeness (QED) is 0.0452. The predicted octanol–water partition coefficient (Wildman–Crippen LogP) is 5.93. The summed E-state index contributed by atoms with van der Waals surface area (Å²) in [6.45, 7) is 5.23. The van der Waals surface area contributed by atoms with Crippen molar-refractivity contribution in [1.29, 1.82) is 0 Å². The van der Waals surface area contributed by atoms with Gasteiger partial charge in [0.05, 0.1) is 12.3 Å². The zero-order valence-electron chi connectivity index (χ0n) is 73.2. The zero-order chi connectivity index (χ0) is 99.7. The normalized spacial score (nSPS) is 20.9. The number of ether oxygens (including phenoxy) is 1. The fourth-order valence-corrected chi connectivity index (χ4v) is 22.0. The van der Waals surface area contributed by atoms with Crippen LogP contribution in [0.5, 0.6) is 5.75 Å². The number of aliphatic carboxylic acids is 1. The number of aromatic amines is 2. The van der Waals surface area contributed by atoms with Gasteiger partial charge in [-0.1, -0.05) is 53.7 Å². The smallest absolute Gasteiger partial charge is 0.339 e. The van der Waals surface area contributed by atoms with Crippen LogP contribution in [0.4, 0.5) is 54.7 Å². The molecule has 41 nitrogen and oxygen atoms in total.